The number of nitrogens with one attached hydrogen (secondary N) is 1. The molecule has 6 heteroatoms. The molecule has 0 radical (unpaired) electrons. The van der Waals surface area contributed by atoms with Crippen molar-refractivity contribution < 1.29 is 14.3 Å². The van der Waals surface area contributed by atoms with Crippen LogP contribution in [0, 0.1) is 5.92 Å². The Bertz CT molecular complexity index is 563. The average Bonchev–Trinajstić information content (AvgIpc) is 3.31. The van der Waals surface area contributed by atoms with Gasteiger partial charge < -0.3 is 15.0 Å². The molecule has 24 heavy (non-hydrogen) atoms. The number of hydrogen-bond donors (Lipinski definition) is 1. The van der Waals surface area contributed by atoms with Crippen molar-refractivity contribution in [1.29, 1.82) is 0 Å². The van der Waals surface area contributed by atoms with Crippen LogP contribution in [-0.4, -0.2) is 54.1 Å². The van der Waals surface area contributed by atoms with E-state index in [0.717, 1.165) is 18.9 Å². The molecule has 1 heterocycles. The molecule has 1 unspecified atom stereocenters. The van der Waals surface area contributed by atoms with Crippen LogP contribution in [0.5, 0.6) is 0 Å². The Morgan fingerprint density at radius 2 is 2.04 bits per heavy atom. The van der Waals surface area contributed by atoms with Gasteiger partial charge in [-0.2, -0.15) is 0 Å². The Morgan fingerprint density at radius 3 is 2.79 bits per heavy atom. The van der Waals surface area contributed by atoms with Gasteiger partial charge in [0.25, 0.3) is 5.91 Å². The molecule has 1 aromatic carbocycles. The standard InChI is InChI=1S/C18H24N2O3S/c21-17(19-9-4-10-23-11-14-7-8-14)16-12-24-13-20(16)18(22)15-5-2-1-3-6-15/h1-3,5-6,14,16H,4,7-13H2,(H,19,21). The van der Waals surface area contributed by atoms with Gasteiger partial charge in [-0.3, -0.25) is 9.59 Å². The number of benzene rings is 1. The van der Waals surface area contributed by atoms with E-state index in [9.17, 15) is 9.59 Å². The monoisotopic (exact) mass is 348 g/mol. The molecule has 130 valence electrons. The summed E-state index contributed by atoms with van der Waals surface area (Å²) in [6.45, 7) is 2.13. The zero-order valence-electron chi connectivity index (χ0n) is 13.8. The fraction of sp³-hybridized carbons (Fsp3) is 0.556. The molecule has 5 nitrogen and oxygen atoms in total. The predicted octanol–water partition coefficient (Wildman–Crippen LogP) is 2.13. The molecule has 0 spiro atoms. The number of thioether (sulfide) groups is 1. The van der Waals surface area contributed by atoms with Gasteiger partial charge in [0.15, 0.2) is 0 Å². The number of carbonyl (C=O) groups excluding carboxylic acids is 2. The normalized spacial score (nSPS) is 20.2. The van der Waals surface area contributed by atoms with Crippen LogP contribution in [0.25, 0.3) is 0 Å². The average molecular weight is 348 g/mol. The minimum atomic E-state index is -0.380. The largest absolute Gasteiger partial charge is 0.381 e. The van der Waals surface area contributed by atoms with E-state index in [-0.39, 0.29) is 17.9 Å². The lowest BCUT2D eigenvalue weighted by Gasteiger charge is -2.23. The number of carbonyl (C=O) groups is 2. The van der Waals surface area contributed by atoms with E-state index in [4.69, 9.17) is 4.74 Å². The van der Waals surface area contributed by atoms with Crippen LogP contribution >= 0.6 is 11.8 Å². The number of amides is 2. The van der Waals surface area contributed by atoms with Crippen molar-refractivity contribution in [3.63, 3.8) is 0 Å². The summed E-state index contributed by atoms with van der Waals surface area (Å²) >= 11 is 1.62. The predicted molar refractivity (Wildman–Crippen MR) is 94.9 cm³/mol. The Kier molecular flexibility index (Phi) is 6.15. The second-order valence-corrected chi connectivity index (χ2v) is 7.32. The second kappa shape index (κ2) is 8.53. The fourth-order valence-corrected chi connectivity index (χ4v) is 3.80. The Hall–Kier alpha value is -1.53. The molecule has 1 aliphatic heterocycles. The Labute approximate surface area is 147 Å². The molecule has 1 aromatic rings. The molecule has 2 amide bonds. The topological polar surface area (TPSA) is 58.6 Å². The smallest absolute Gasteiger partial charge is 0.255 e. The number of hydrogen-bond acceptors (Lipinski definition) is 4. The third-order valence-electron chi connectivity index (χ3n) is 4.28. The van der Waals surface area contributed by atoms with Crippen molar-refractivity contribution in [2.75, 3.05) is 31.4 Å². The maximum atomic E-state index is 12.6. The first-order chi connectivity index (χ1) is 11.8. The zero-order valence-corrected chi connectivity index (χ0v) is 14.6. The van der Waals surface area contributed by atoms with Crippen molar-refractivity contribution in [1.82, 2.24) is 10.2 Å². The first kappa shape index (κ1) is 17.3. The number of rotatable bonds is 8. The fourth-order valence-electron chi connectivity index (χ4n) is 2.64. The highest BCUT2D eigenvalue weighted by molar-refractivity contribution is 7.99. The summed E-state index contributed by atoms with van der Waals surface area (Å²) in [5, 5.41) is 2.94. The minimum Gasteiger partial charge on any atom is -0.381 e. The third-order valence-corrected chi connectivity index (χ3v) is 5.29. The van der Waals surface area contributed by atoms with E-state index < -0.39 is 0 Å². The molecule has 0 bridgehead atoms. The lowest BCUT2D eigenvalue weighted by atomic mass is 10.1. The molecule has 1 atom stereocenters. The summed E-state index contributed by atoms with van der Waals surface area (Å²) in [5.41, 5.74) is 0.631. The molecular formula is C18H24N2O3S. The maximum Gasteiger partial charge on any atom is 0.255 e. The van der Waals surface area contributed by atoms with Crippen molar-refractivity contribution in [3.05, 3.63) is 35.9 Å². The van der Waals surface area contributed by atoms with Crippen molar-refractivity contribution >= 4 is 23.6 Å². The first-order valence-electron chi connectivity index (χ1n) is 8.55. The van der Waals surface area contributed by atoms with Crippen LogP contribution in [0.3, 0.4) is 0 Å². The van der Waals surface area contributed by atoms with Gasteiger partial charge in [-0.1, -0.05) is 18.2 Å². The quantitative estimate of drug-likeness (QED) is 0.731. The van der Waals surface area contributed by atoms with Crippen LogP contribution in [0.2, 0.25) is 0 Å². The van der Waals surface area contributed by atoms with E-state index in [2.05, 4.69) is 5.32 Å². The van der Waals surface area contributed by atoms with Crippen LogP contribution in [-0.2, 0) is 9.53 Å². The third kappa shape index (κ3) is 4.74. The molecule has 2 aliphatic rings. The van der Waals surface area contributed by atoms with Crippen LogP contribution < -0.4 is 5.32 Å². The number of ether oxygens (including phenoxy) is 1. The summed E-state index contributed by atoms with van der Waals surface area (Å²) in [7, 11) is 0. The summed E-state index contributed by atoms with van der Waals surface area (Å²) in [4.78, 5) is 26.6. The van der Waals surface area contributed by atoms with Gasteiger partial charge in [-0.15, -0.1) is 11.8 Å². The van der Waals surface area contributed by atoms with Gasteiger partial charge in [0.1, 0.15) is 6.04 Å². The molecular weight excluding hydrogens is 324 g/mol. The molecule has 1 saturated carbocycles. The summed E-state index contributed by atoms with van der Waals surface area (Å²) in [5.74, 6) is 1.85. The molecule has 1 aliphatic carbocycles. The molecule has 1 N–H and O–H groups in total. The van der Waals surface area contributed by atoms with Crippen LogP contribution in [0.15, 0.2) is 30.3 Å². The van der Waals surface area contributed by atoms with E-state index in [1.54, 1.807) is 28.8 Å². The van der Waals surface area contributed by atoms with E-state index in [1.807, 2.05) is 18.2 Å². The van der Waals surface area contributed by atoms with Gasteiger partial charge in [0.2, 0.25) is 5.91 Å². The summed E-state index contributed by atoms with van der Waals surface area (Å²) in [6.07, 6.45) is 3.40. The van der Waals surface area contributed by atoms with Crippen molar-refractivity contribution in [2.24, 2.45) is 5.92 Å². The molecule has 3 rings (SSSR count). The zero-order chi connectivity index (χ0) is 16.8. The summed E-state index contributed by atoms with van der Waals surface area (Å²) < 4.78 is 5.56. The lowest BCUT2D eigenvalue weighted by Crippen LogP contribution is -2.47. The molecule has 1 saturated heterocycles. The Balaban J connectivity index is 1.42. The second-order valence-electron chi connectivity index (χ2n) is 6.32. The highest BCUT2D eigenvalue weighted by atomic mass is 32.2. The van der Waals surface area contributed by atoms with Crippen LogP contribution in [0.4, 0.5) is 0 Å². The van der Waals surface area contributed by atoms with Gasteiger partial charge in [0, 0.05) is 31.1 Å². The lowest BCUT2D eigenvalue weighted by molar-refractivity contribution is -0.124. The maximum absolute atomic E-state index is 12.6. The highest BCUT2D eigenvalue weighted by Gasteiger charge is 2.34. The van der Waals surface area contributed by atoms with E-state index >= 15 is 0 Å². The minimum absolute atomic E-state index is 0.0634. The highest BCUT2D eigenvalue weighted by Crippen LogP contribution is 2.28. The van der Waals surface area contributed by atoms with Gasteiger partial charge >= 0.3 is 0 Å². The van der Waals surface area contributed by atoms with E-state index in [0.29, 0.717) is 30.3 Å². The van der Waals surface area contributed by atoms with Crippen LogP contribution in [0.1, 0.15) is 29.6 Å². The van der Waals surface area contributed by atoms with Gasteiger partial charge in [-0.25, -0.2) is 0 Å². The van der Waals surface area contributed by atoms with Gasteiger partial charge in [-0.05, 0) is 37.3 Å². The summed E-state index contributed by atoms with van der Waals surface area (Å²) in [6, 6.07) is 8.76. The van der Waals surface area contributed by atoms with Gasteiger partial charge in [0.05, 0.1) is 5.88 Å². The SMILES string of the molecule is O=C(NCCCOCC1CC1)C1CSCN1C(=O)c1ccccc1. The first-order valence-corrected chi connectivity index (χ1v) is 9.70. The van der Waals surface area contributed by atoms with Crippen molar-refractivity contribution in [3.8, 4) is 0 Å². The van der Waals surface area contributed by atoms with Crippen molar-refractivity contribution in [2.45, 2.75) is 25.3 Å². The number of nitrogens with zero attached hydrogens (tertiary/aromatic N) is 1. The Morgan fingerprint density at radius 1 is 1.25 bits per heavy atom. The van der Waals surface area contributed by atoms with E-state index in [1.165, 1.54) is 12.8 Å². The molecule has 0 aromatic heterocycles. The molecule has 2 fully saturated rings.